The van der Waals surface area contributed by atoms with Gasteiger partial charge in [-0.1, -0.05) is 0 Å². The number of aliphatic hydroxyl groups is 1. The Morgan fingerprint density at radius 2 is 2.13 bits per heavy atom. The van der Waals surface area contributed by atoms with E-state index < -0.39 is 5.97 Å². The van der Waals surface area contributed by atoms with Gasteiger partial charge in [0, 0.05) is 5.25 Å². The molecule has 0 saturated heterocycles. The van der Waals surface area contributed by atoms with E-state index in [9.17, 15) is 9.90 Å². The summed E-state index contributed by atoms with van der Waals surface area (Å²) < 4.78 is 0. The van der Waals surface area contributed by atoms with Gasteiger partial charge in [0.25, 0.3) is 0 Å². The molecule has 2 unspecified atom stereocenters. The van der Waals surface area contributed by atoms with Crippen molar-refractivity contribution in [3.05, 3.63) is 0 Å². The van der Waals surface area contributed by atoms with Crippen LogP contribution in [0.4, 0.5) is 0 Å². The third-order valence-corrected chi connectivity index (χ3v) is 5.26. The van der Waals surface area contributed by atoms with E-state index in [1.807, 2.05) is 0 Å². The van der Waals surface area contributed by atoms with Crippen LogP contribution in [-0.4, -0.2) is 33.3 Å². The Bertz CT molecular complexity index is 250. The number of rotatable bonds is 5. The smallest absolute Gasteiger partial charge is 0.303 e. The number of carboxylic acid groups (broad SMARTS) is 1. The summed E-state index contributed by atoms with van der Waals surface area (Å²) in [6.45, 7) is 0. The van der Waals surface area contributed by atoms with E-state index in [1.54, 1.807) is 11.8 Å². The van der Waals surface area contributed by atoms with Gasteiger partial charge >= 0.3 is 5.97 Å². The molecule has 0 aromatic carbocycles. The predicted molar refractivity (Wildman–Crippen MR) is 60.0 cm³/mol. The zero-order valence-corrected chi connectivity index (χ0v) is 9.63. The minimum atomic E-state index is -0.680. The maximum Gasteiger partial charge on any atom is 0.303 e. The molecule has 2 atom stereocenters. The Morgan fingerprint density at radius 3 is 2.60 bits per heavy atom. The van der Waals surface area contributed by atoms with Gasteiger partial charge in [0.1, 0.15) is 0 Å². The molecule has 0 bridgehead atoms. The highest BCUT2D eigenvalue weighted by atomic mass is 32.2. The highest BCUT2D eigenvalue weighted by molar-refractivity contribution is 8.00. The van der Waals surface area contributed by atoms with E-state index >= 15 is 0 Å². The normalized spacial score (nSPS) is 32.9. The zero-order valence-electron chi connectivity index (χ0n) is 8.82. The van der Waals surface area contributed by atoms with Gasteiger partial charge in [-0.2, -0.15) is 11.8 Å². The van der Waals surface area contributed by atoms with Crippen molar-refractivity contribution < 1.29 is 15.0 Å². The van der Waals surface area contributed by atoms with Crippen molar-refractivity contribution in [3.8, 4) is 0 Å². The molecule has 15 heavy (non-hydrogen) atoms. The summed E-state index contributed by atoms with van der Waals surface area (Å²) in [4.78, 5) is 10.7. The third kappa shape index (κ3) is 2.88. The van der Waals surface area contributed by atoms with Crippen LogP contribution in [0.2, 0.25) is 0 Å². The molecule has 2 rings (SSSR count). The first-order valence-corrected chi connectivity index (χ1v) is 6.68. The Labute approximate surface area is 94.3 Å². The lowest BCUT2D eigenvalue weighted by atomic mass is 10.1. The summed E-state index contributed by atoms with van der Waals surface area (Å²) in [5.74, 6) is 0.237. The van der Waals surface area contributed by atoms with Gasteiger partial charge in [-0.05, 0) is 43.3 Å². The van der Waals surface area contributed by atoms with Crippen molar-refractivity contribution in [3.63, 3.8) is 0 Å². The lowest BCUT2D eigenvalue weighted by Gasteiger charge is -2.18. The van der Waals surface area contributed by atoms with Crippen LogP contribution in [-0.2, 0) is 4.79 Å². The second kappa shape index (κ2) is 4.34. The van der Waals surface area contributed by atoms with E-state index in [-0.39, 0.29) is 11.5 Å². The zero-order chi connectivity index (χ0) is 10.9. The number of aliphatic carboxylic acids is 1. The number of thioether (sulfide) groups is 1. The molecule has 0 radical (unpaired) electrons. The summed E-state index contributed by atoms with van der Waals surface area (Å²) >= 11 is 1.79. The minimum Gasteiger partial charge on any atom is -0.481 e. The topological polar surface area (TPSA) is 57.5 Å². The highest BCUT2D eigenvalue weighted by Gasteiger charge is 2.45. The highest BCUT2D eigenvalue weighted by Crippen LogP contribution is 2.52. The Hall–Kier alpha value is -0.220. The summed E-state index contributed by atoms with van der Waals surface area (Å²) in [6.07, 6.45) is 5.38. The number of hydrogen-bond donors (Lipinski definition) is 2. The Morgan fingerprint density at radius 1 is 1.40 bits per heavy atom. The summed E-state index contributed by atoms with van der Waals surface area (Å²) in [7, 11) is 0. The first-order chi connectivity index (χ1) is 7.11. The molecule has 0 heterocycles. The van der Waals surface area contributed by atoms with Crippen molar-refractivity contribution >= 4 is 17.7 Å². The summed E-state index contributed by atoms with van der Waals surface area (Å²) in [6, 6.07) is 0. The van der Waals surface area contributed by atoms with Crippen LogP contribution in [0.15, 0.2) is 0 Å². The van der Waals surface area contributed by atoms with E-state index in [0.29, 0.717) is 11.7 Å². The van der Waals surface area contributed by atoms with E-state index in [2.05, 4.69) is 0 Å². The SMILES string of the molecule is O=C(O)CC1(CSC2CCCC2O)CC1. The maximum absolute atomic E-state index is 10.7. The number of aliphatic hydroxyl groups excluding tert-OH is 1. The van der Waals surface area contributed by atoms with Gasteiger partial charge in [-0.3, -0.25) is 4.79 Å². The molecular formula is C11H18O3S. The van der Waals surface area contributed by atoms with Gasteiger partial charge in [0.05, 0.1) is 12.5 Å². The summed E-state index contributed by atoms with van der Waals surface area (Å²) in [5.41, 5.74) is 0.0683. The van der Waals surface area contributed by atoms with E-state index in [1.165, 1.54) is 0 Å². The molecule has 86 valence electrons. The van der Waals surface area contributed by atoms with Gasteiger partial charge in [-0.25, -0.2) is 0 Å². The van der Waals surface area contributed by atoms with Crippen LogP contribution in [0.25, 0.3) is 0 Å². The van der Waals surface area contributed by atoms with Gasteiger partial charge in [0.2, 0.25) is 0 Å². The fourth-order valence-corrected chi connectivity index (χ4v) is 3.90. The largest absolute Gasteiger partial charge is 0.481 e. The van der Waals surface area contributed by atoms with Crippen LogP contribution < -0.4 is 0 Å². The fraction of sp³-hybridized carbons (Fsp3) is 0.909. The molecule has 0 spiro atoms. The molecule has 0 aromatic rings. The predicted octanol–water partition coefficient (Wildman–Crippen LogP) is 1.89. The molecule has 0 aliphatic heterocycles. The molecule has 0 amide bonds. The van der Waals surface area contributed by atoms with E-state index in [0.717, 1.165) is 37.9 Å². The number of carbonyl (C=O) groups is 1. The lowest BCUT2D eigenvalue weighted by Crippen LogP contribution is -2.19. The van der Waals surface area contributed by atoms with Crippen molar-refractivity contribution in [1.82, 2.24) is 0 Å². The van der Waals surface area contributed by atoms with Crippen LogP contribution in [0.3, 0.4) is 0 Å². The molecule has 2 aliphatic carbocycles. The third-order valence-electron chi connectivity index (χ3n) is 3.50. The lowest BCUT2D eigenvalue weighted by molar-refractivity contribution is -0.138. The van der Waals surface area contributed by atoms with Crippen molar-refractivity contribution in [2.24, 2.45) is 5.41 Å². The number of carboxylic acids is 1. The second-order valence-electron chi connectivity index (χ2n) is 4.92. The molecule has 0 aromatic heterocycles. The minimum absolute atomic E-state index is 0.0683. The van der Waals surface area contributed by atoms with Crippen molar-refractivity contribution in [2.75, 3.05) is 5.75 Å². The maximum atomic E-state index is 10.7. The molecule has 2 N–H and O–H groups in total. The quantitative estimate of drug-likeness (QED) is 0.757. The van der Waals surface area contributed by atoms with Crippen LogP contribution in [0, 0.1) is 5.41 Å². The Kier molecular flexibility index (Phi) is 3.26. The molecular weight excluding hydrogens is 212 g/mol. The molecule has 2 aliphatic rings. The van der Waals surface area contributed by atoms with Gasteiger partial charge in [0.15, 0.2) is 0 Å². The fourth-order valence-electron chi connectivity index (χ4n) is 2.25. The number of hydrogen-bond acceptors (Lipinski definition) is 3. The van der Waals surface area contributed by atoms with E-state index in [4.69, 9.17) is 5.11 Å². The van der Waals surface area contributed by atoms with Crippen LogP contribution >= 0.6 is 11.8 Å². The van der Waals surface area contributed by atoms with Gasteiger partial charge < -0.3 is 10.2 Å². The molecule has 3 nitrogen and oxygen atoms in total. The average molecular weight is 230 g/mol. The molecule has 4 heteroatoms. The molecule has 2 fully saturated rings. The summed E-state index contributed by atoms with van der Waals surface area (Å²) in [5, 5.41) is 18.8. The standard InChI is InChI=1S/C11H18O3S/c12-8-2-1-3-9(8)15-7-11(4-5-11)6-10(13)14/h8-9,12H,1-7H2,(H,13,14). The second-order valence-corrected chi connectivity index (χ2v) is 6.15. The monoisotopic (exact) mass is 230 g/mol. The first-order valence-electron chi connectivity index (χ1n) is 5.63. The van der Waals surface area contributed by atoms with Crippen LogP contribution in [0.1, 0.15) is 38.5 Å². The molecule has 2 saturated carbocycles. The van der Waals surface area contributed by atoms with Crippen molar-refractivity contribution in [1.29, 1.82) is 0 Å². The first kappa shape index (κ1) is 11.3. The van der Waals surface area contributed by atoms with Crippen LogP contribution in [0.5, 0.6) is 0 Å². The average Bonchev–Trinajstić information content (AvgIpc) is 2.78. The van der Waals surface area contributed by atoms with Gasteiger partial charge in [-0.15, -0.1) is 0 Å². The Balaban J connectivity index is 1.75. The van der Waals surface area contributed by atoms with Crippen molar-refractivity contribution in [2.45, 2.75) is 49.9 Å².